The van der Waals surface area contributed by atoms with Gasteiger partial charge in [0.1, 0.15) is 0 Å². The van der Waals surface area contributed by atoms with Gasteiger partial charge in [-0.2, -0.15) is 4.91 Å². The van der Waals surface area contributed by atoms with E-state index in [-0.39, 0.29) is 6.54 Å². The van der Waals surface area contributed by atoms with E-state index in [0.717, 1.165) is 12.1 Å². The third-order valence-corrected chi connectivity index (χ3v) is 1.70. The third kappa shape index (κ3) is 9.08. The molecule has 0 aromatic carbocycles. The molecule has 86 valence electrons. The molecule has 5 nitrogen and oxygen atoms in total. The summed E-state index contributed by atoms with van der Waals surface area (Å²) < 4.78 is 0. The molecular formula is C10H20N4O. The maximum absolute atomic E-state index is 9.80. The van der Waals surface area contributed by atoms with E-state index in [1.165, 1.54) is 6.21 Å². The van der Waals surface area contributed by atoms with E-state index in [1.54, 1.807) is 6.20 Å². The molecule has 0 bridgehead atoms. The van der Waals surface area contributed by atoms with Crippen molar-refractivity contribution in [2.24, 2.45) is 11.1 Å². The summed E-state index contributed by atoms with van der Waals surface area (Å²) in [4.78, 5) is 9.80. The zero-order valence-electron chi connectivity index (χ0n) is 9.42. The summed E-state index contributed by atoms with van der Waals surface area (Å²) in [6.07, 6.45) is 3.04. The zero-order chi connectivity index (χ0) is 11.5. The van der Waals surface area contributed by atoms with Crippen LogP contribution < -0.4 is 10.6 Å². The predicted molar refractivity (Wildman–Crippen MR) is 63.2 cm³/mol. The Balaban J connectivity index is 3.70. The van der Waals surface area contributed by atoms with Crippen molar-refractivity contribution in [1.29, 1.82) is 5.41 Å². The smallest absolute Gasteiger partial charge is 0.0983 e. The maximum atomic E-state index is 9.80. The van der Waals surface area contributed by atoms with Crippen molar-refractivity contribution in [3.8, 4) is 0 Å². The van der Waals surface area contributed by atoms with E-state index < -0.39 is 0 Å². The molecule has 0 aliphatic heterocycles. The second kappa shape index (κ2) is 9.33. The Morgan fingerprint density at radius 2 is 2.27 bits per heavy atom. The van der Waals surface area contributed by atoms with Gasteiger partial charge in [-0.05, 0) is 18.0 Å². The normalized spacial score (nSPS) is 11.5. The zero-order valence-corrected chi connectivity index (χ0v) is 9.42. The first kappa shape index (κ1) is 13.8. The van der Waals surface area contributed by atoms with Crippen LogP contribution in [0.25, 0.3) is 0 Å². The molecule has 0 aromatic heterocycles. The summed E-state index contributed by atoms with van der Waals surface area (Å²) in [7, 11) is 0. The van der Waals surface area contributed by atoms with Crippen molar-refractivity contribution < 1.29 is 0 Å². The molecule has 0 heterocycles. The van der Waals surface area contributed by atoms with E-state index in [9.17, 15) is 4.91 Å². The highest BCUT2D eigenvalue weighted by atomic mass is 16.3. The van der Waals surface area contributed by atoms with Gasteiger partial charge >= 0.3 is 0 Å². The Labute approximate surface area is 90.8 Å². The summed E-state index contributed by atoms with van der Waals surface area (Å²) in [5.74, 6) is 0.601. The molecule has 0 aliphatic carbocycles. The van der Waals surface area contributed by atoms with Gasteiger partial charge in [-0.3, -0.25) is 0 Å². The van der Waals surface area contributed by atoms with Crippen molar-refractivity contribution in [2.75, 3.05) is 26.2 Å². The standard InChI is InChI=1S/C10H20N4O/c1-9(2)6-13-8-10(5-11)7-12-3-4-14-15/h5,7,9,11-13H,3-4,6,8H2,1-2H3/b10-7+,11-5?. The molecule has 5 heteroatoms. The van der Waals surface area contributed by atoms with Crippen molar-refractivity contribution in [3.63, 3.8) is 0 Å². The monoisotopic (exact) mass is 212 g/mol. The first-order chi connectivity index (χ1) is 7.20. The van der Waals surface area contributed by atoms with Gasteiger partial charge in [-0.25, -0.2) is 0 Å². The second-order valence-corrected chi connectivity index (χ2v) is 3.70. The molecule has 0 spiro atoms. The van der Waals surface area contributed by atoms with Crippen LogP contribution in [0.2, 0.25) is 0 Å². The lowest BCUT2D eigenvalue weighted by Gasteiger charge is -2.07. The van der Waals surface area contributed by atoms with Crippen LogP contribution in [-0.2, 0) is 0 Å². The number of nitrogens with zero attached hydrogens (tertiary/aromatic N) is 1. The van der Waals surface area contributed by atoms with E-state index in [4.69, 9.17) is 5.41 Å². The number of hydrogen-bond acceptors (Lipinski definition) is 5. The first-order valence-electron chi connectivity index (χ1n) is 5.13. The van der Waals surface area contributed by atoms with Gasteiger partial charge in [0.2, 0.25) is 0 Å². The Bertz CT molecular complexity index is 213. The average molecular weight is 212 g/mol. The predicted octanol–water partition coefficient (Wildman–Crippen LogP) is 1.12. The summed E-state index contributed by atoms with van der Waals surface area (Å²) in [6.45, 7) is 6.64. The fourth-order valence-electron chi connectivity index (χ4n) is 0.962. The van der Waals surface area contributed by atoms with Crippen LogP contribution in [0.15, 0.2) is 16.9 Å². The highest BCUT2D eigenvalue weighted by Gasteiger charge is 1.95. The average Bonchev–Trinajstić information content (AvgIpc) is 2.21. The number of nitroso groups, excluding NO2 is 1. The molecule has 0 saturated heterocycles. The molecule has 0 radical (unpaired) electrons. The van der Waals surface area contributed by atoms with Crippen LogP contribution in [0, 0.1) is 16.2 Å². The minimum Gasteiger partial charge on any atom is -0.389 e. The fourth-order valence-corrected chi connectivity index (χ4v) is 0.962. The van der Waals surface area contributed by atoms with Gasteiger partial charge in [0.05, 0.1) is 6.54 Å². The van der Waals surface area contributed by atoms with Gasteiger partial charge in [0, 0.05) is 25.5 Å². The Morgan fingerprint density at radius 3 is 2.80 bits per heavy atom. The largest absolute Gasteiger partial charge is 0.389 e. The van der Waals surface area contributed by atoms with E-state index in [2.05, 4.69) is 29.7 Å². The minimum absolute atomic E-state index is 0.251. The lowest BCUT2D eigenvalue weighted by molar-refractivity contribution is 0.574. The van der Waals surface area contributed by atoms with Crippen molar-refractivity contribution in [3.05, 3.63) is 16.7 Å². The SMILES string of the molecule is CC(C)CNC/C(C=N)=C/NCCN=O. The van der Waals surface area contributed by atoms with Gasteiger partial charge < -0.3 is 16.0 Å². The van der Waals surface area contributed by atoms with E-state index in [1.807, 2.05) is 0 Å². The number of nitrogens with one attached hydrogen (secondary N) is 3. The fraction of sp³-hybridized carbons (Fsp3) is 0.700. The van der Waals surface area contributed by atoms with Crippen LogP contribution in [0.1, 0.15) is 13.8 Å². The van der Waals surface area contributed by atoms with Crippen molar-refractivity contribution >= 4 is 6.21 Å². The maximum Gasteiger partial charge on any atom is 0.0983 e. The summed E-state index contributed by atoms with van der Waals surface area (Å²) in [5.41, 5.74) is 0.863. The Morgan fingerprint density at radius 1 is 1.53 bits per heavy atom. The summed E-state index contributed by atoms with van der Waals surface area (Å²) in [6, 6.07) is 0. The molecule has 3 N–H and O–H groups in total. The molecule has 0 amide bonds. The first-order valence-corrected chi connectivity index (χ1v) is 5.13. The van der Waals surface area contributed by atoms with Crippen molar-refractivity contribution in [2.45, 2.75) is 13.8 Å². The van der Waals surface area contributed by atoms with Gasteiger partial charge in [-0.15, -0.1) is 0 Å². The second-order valence-electron chi connectivity index (χ2n) is 3.70. The molecule has 0 rings (SSSR count). The molecule has 15 heavy (non-hydrogen) atoms. The molecule has 0 unspecified atom stereocenters. The number of rotatable bonds is 9. The van der Waals surface area contributed by atoms with E-state index >= 15 is 0 Å². The van der Waals surface area contributed by atoms with Crippen LogP contribution in [0.4, 0.5) is 0 Å². The molecule has 0 saturated carbocycles. The minimum atomic E-state index is 0.251. The summed E-state index contributed by atoms with van der Waals surface area (Å²) in [5, 5.41) is 16.1. The Kier molecular flexibility index (Phi) is 8.56. The highest BCUT2D eigenvalue weighted by molar-refractivity contribution is 5.76. The lowest BCUT2D eigenvalue weighted by Crippen LogP contribution is -2.23. The molecule has 0 aliphatic rings. The van der Waals surface area contributed by atoms with Gasteiger partial charge in [0.15, 0.2) is 0 Å². The molecule has 0 fully saturated rings. The third-order valence-electron chi connectivity index (χ3n) is 1.70. The van der Waals surface area contributed by atoms with Gasteiger partial charge in [-0.1, -0.05) is 19.0 Å². The lowest BCUT2D eigenvalue weighted by atomic mass is 10.2. The topological polar surface area (TPSA) is 77.3 Å². The Hall–Kier alpha value is -1.23. The quantitative estimate of drug-likeness (QED) is 0.304. The molecule has 0 aromatic rings. The van der Waals surface area contributed by atoms with Gasteiger partial charge in [0.25, 0.3) is 0 Å². The molecule has 0 atom stereocenters. The van der Waals surface area contributed by atoms with E-state index in [0.29, 0.717) is 19.0 Å². The van der Waals surface area contributed by atoms with Crippen LogP contribution in [-0.4, -0.2) is 32.4 Å². The van der Waals surface area contributed by atoms with Crippen LogP contribution in [0.3, 0.4) is 0 Å². The highest BCUT2D eigenvalue weighted by Crippen LogP contribution is 1.89. The van der Waals surface area contributed by atoms with Crippen molar-refractivity contribution in [1.82, 2.24) is 10.6 Å². The summed E-state index contributed by atoms with van der Waals surface area (Å²) >= 11 is 0. The van der Waals surface area contributed by atoms with Crippen LogP contribution in [0.5, 0.6) is 0 Å². The molecular weight excluding hydrogens is 192 g/mol. The number of hydrogen-bond donors (Lipinski definition) is 3. The van der Waals surface area contributed by atoms with Crippen LogP contribution >= 0.6 is 0 Å².